The number of fused-ring (bicyclic) bond motifs is 3. The fourth-order valence-electron chi connectivity index (χ4n) is 3.54. The maximum atomic E-state index is 11.9. The van der Waals surface area contributed by atoms with Gasteiger partial charge in [-0.2, -0.15) is 0 Å². The molecule has 4 heteroatoms. The van der Waals surface area contributed by atoms with E-state index in [2.05, 4.69) is 41.1 Å². The van der Waals surface area contributed by atoms with Gasteiger partial charge in [-0.1, -0.05) is 18.2 Å². The topological polar surface area (TPSA) is 43.3 Å². The number of nitrogens with one attached hydrogen (secondary N) is 1. The molecule has 1 amide bonds. The van der Waals surface area contributed by atoms with E-state index in [1.54, 1.807) is 7.05 Å². The van der Waals surface area contributed by atoms with Crippen molar-refractivity contribution in [2.24, 2.45) is 0 Å². The predicted octanol–water partition coefficient (Wildman–Crippen LogP) is 2.59. The number of aromatic nitrogens is 1. The summed E-state index contributed by atoms with van der Waals surface area (Å²) in [5.41, 5.74) is 3.19. The summed E-state index contributed by atoms with van der Waals surface area (Å²) in [6, 6.07) is 8.47. The summed E-state index contributed by atoms with van der Waals surface area (Å²) >= 11 is 0. The average Bonchev–Trinajstić information content (AvgIpc) is 2.83. The van der Waals surface area contributed by atoms with Crippen molar-refractivity contribution < 1.29 is 9.53 Å². The van der Waals surface area contributed by atoms with Crippen molar-refractivity contribution in [3.05, 3.63) is 35.5 Å². The number of amides is 1. The van der Waals surface area contributed by atoms with Gasteiger partial charge in [0.1, 0.15) is 5.60 Å². The van der Waals surface area contributed by atoms with Crippen LogP contribution in [0, 0.1) is 0 Å². The minimum absolute atomic E-state index is 0.0123. The summed E-state index contributed by atoms with van der Waals surface area (Å²) in [6.45, 7) is 5.72. The van der Waals surface area contributed by atoms with Gasteiger partial charge < -0.3 is 14.6 Å². The van der Waals surface area contributed by atoms with E-state index in [4.69, 9.17) is 4.74 Å². The van der Waals surface area contributed by atoms with Crippen molar-refractivity contribution in [1.29, 1.82) is 0 Å². The summed E-state index contributed by atoms with van der Waals surface area (Å²) in [5, 5.41) is 4.00. The highest BCUT2D eigenvalue weighted by molar-refractivity contribution is 5.87. The van der Waals surface area contributed by atoms with Crippen LogP contribution in [0.2, 0.25) is 0 Å². The molecule has 0 saturated heterocycles. The number of rotatable bonds is 3. The predicted molar refractivity (Wildman–Crippen MR) is 83.3 cm³/mol. The van der Waals surface area contributed by atoms with Gasteiger partial charge in [0.2, 0.25) is 5.91 Å². The Morgan fingerprint density at radius 2 is 2.19 bits per heavy atom. The highest BCUT2D eigenvalue weighted by Crippen LogP contribution is 2.41. The lowest BCUT2D eigenvalue weighted by Gasteiger charge is -2.35. The zero-order chi connectivity index (χ0) is 15.0. The fraction of sp³-hybridized carbons (Fsp3) is 0.471. The van der Waals surface area contributed by atoms with Gasteiger partial charge in [0, 0.05) is 24.5 Å². The van der Waals surface area contributed by atoms with E-state index >= 15 is 0 Å². The normalized spacial score (nSPS) is 21.3. The first-order chi connectivity index (χ1) is 10.1. The van der Waals surface area contributed by atoms with Gasteiger partial charge in [-0.15, -0.1) is 0 Å². The molecule has 112 valence electrons. The molecule has 1 aliphatic heterocycles. The summed E-state index contributed by atoms with van der Waals surface area (Å²) in [4.78, 5) is 11.9. The Labute approximate surface area is 125 Å². The molecular weight excluding hydrogens is 264 g/mol. The molecule has 0 bridgehead atoms. The third-order valence-electron chi connectivity index (χ3n) is 4.44. The van der Waals surface area contributed by atoms with E-state index in [9.17, 15) is 4.79 Å². The Bertz CT molecular complexity index is 656. The van der Waals surface area contributed by atoms with Crippen LogP contribution < -0.4 is 5.32 Å². The zero-order valence-electron chi connectivity index (χ0n) is 12.9. The standard InChI is InChI=1S/C17H22N2O2/c1-4-19-14-8-6-5-7-12(14)13-9-10-21-17(2,16(13)19)11-15(20)18-3/h5-8H,4,9-11H2,1-3H3,(H,18,20). The van der Waals surface area contributed by atoms with Gasteiger partial charge in [-0.25, -0.2) is 0 Å². The molecule has 3 rings (SSSR count). The maximum absolute atomic E-state index is 11.9. The molecule has 1 aromatic heterocycles. The lowest BCUT2D eigenvalue weighted by atomic mass is 9.89. The molecule has 4 nitrogen and oxygen atoms in total. The molecule has 1 unspecified atom stereocenters. The molecule has 0 aliphatic carbocycles. The van der Waals surface area contributed by atoms with Crippen LogP contribution in [0.3, 0.4) is 0 Å². The third-order valence-corrected chi connectivity index (χ3v) is 4.44. The number of para-hydroxylation sites is 1. The van der Waals surface area contributed by atoms with Crippen molar-refractivity contribution in [3.8, 4) is 0 Å². The molecule has 2 aromatic rings. The molecular formula is C17H22N2O2. The van der Waals surface area contributed by atoms with Crippen LogP contribution >= 0.6 is 0 Å². The molecule has 0 spiro atoms. The van der Waals surface area contributed by atoms with E-state index in [-0.39, 0.29) is 5.91 Å². The minimum atomic E-state index is -0.553. The number of carbonyl (C=O) groups excluding carboxylic acids is 1. The fourth-order valence-corrected chi connectivity index (χ4v) is 3.54. The molecule has 1 aromatic carbocycles. The molecule has 0 radical (unpaired) electrons. The molecule has 2 heterocycles. The first-order valence-corrected chi connectivity index (χ1v) is 7.56. The van der Waals surface area contributed by atoms with Crippen LogP contribution in [-0.2, 0) is 28.1 Å². The zero-order valence-corrected chi connectivity index (χ0v) is 12.9. The van der Waals surface area contributed by atoms with E-state index in [0.29, 0.717) is 13.0 Å². The molecule has 1 N–H and O–H groups in total. The smallest absolute Gasteiger partial charge is 0.223 e. The van der Waals surface area contributed by atoms with E-state index < -0.39 is 5.60 Å². The first kappa shape index (κ1) is 14.1. The number of aryl methyl sites for hydroxylation is 1. The van der Waals surface area contributed by atoms with E-state index in [0.717, 1.165) is 13.0 Å². The van der Waals surface area contributed by atoms with Gasteiger partial charge in [-0.3, -0.25) is 4.79 Å². The Hall–Kier alpha value is -1.81. The molecule has 1 atom stereocenters. The Morgan fingerprint density at radius 3 is 2.90 bits per heavy atom. The summed E-state index contributed by atoms with van der Waals surface area (Å²) in [7, 11) is 1.67. The quantitative estimate of drug-likeness (QED) is 0.942. The number of ether oxygens (including phenoxy) is 1. The van der Waals surface area contributed by atoms with Crippen LogP contribution in [0.1, 0.15) is 31.5 Å². The van der Waals surface area contributed by atoms with Crippen molar-refractivity contribution in [2.45, 2.75) is 38.8 Å². The molecule has 21 heavy (non-hydrogen) atoms. The summed E-state index contributed by atoms with van der Waals surface area (Å²) in [6.07, 6.45) is 1.26. The van der Waals surface area contributed by atoms with Gasteiger partial charge in [0.25, 0.3) is 0 Å². The van der Waals surface area contributed by atoms with Gasteiger partial charge in [0.05, 0.1) is 18.7 Å². The van der Waals surface area contributed by atoms with Crippen molar-refractivity contribution in [2.75, 3.05) is 13.7 Å². The minimum Gasteiger partial charge on any atom is -0.368 e. The maximum Gasteiger partial charge on any atom is 0.223 e. The van der Waals surface area contributed by atoms with Crippen LogP contribution in [0.15, 0.2) is 24.3 Å². The second kappa shape index (κ2) is 5.19. The van der Waals surface area contributed by atoms with Crippen molar-refractivity contribution >= 4 is 16.8 Å². The number of benzene rings is 1. The van der Waals surface area contributed by atoms with Crippen LogP contribution in [0.4, 0.5) is 0 Å². The Balaban J connectivity index is 2.23. The highest BCUT2D eigenvalue weighted by atomic mass is 16.5. The molecule has 0 saturated carbocycles. The Morgan fingerprint density at radius 1 is 1.43 bits per heavy atom. The molecule has 0 fully saturated rings. The number of carbonyl (C=O) groups is 1. The highest BCUT2D eigenvalue weighted by Gasteiger charge is 2.39. The first-order valence-electron chi connectivity index (χ1n) is 7.56. The number of hydrogen-bond acceptors (Lipinski definition) is 2. The summed E-state index contributed by atoms with van der Waals surface area (Å²) in [5.74, 6) is 0.0123. The average molecular weight is 286 g/mol. The van der Waals surface area contributed by atoms with Gasteiger partial charge in [-0.05, 0) is 31.9 Å². The summed E-state index contributed by atoms with van der Waals surface area (Å²) < 4.78 is 8.35. The largest absolute Gasteiger partial charge is 0.368 e. The van der Waals surface area contributed by atoms with Crippen molar-refractivity contribution in [1.82, 2.24) is 9.88 Å². The van der Waals surface area contributed by atoms with Gasteiger partial charge >= 0.3 is 0 Å². The second-order valence-electron chi connectivity index (χ2n) is 5.77. The van der Waals surface area contributed by atoms with Crippen LogP contribution in [0.5, 0.6) is 0 Å². The Kier molecular flexibility index (Phi) is 3.49. The lowest BCUT2D eigenvalue weighted by Crippen LogP contribution is -2.39. The van der Waals surface area contributed by atoms with Crippen molar-refractivity contribution in [3.63, 3.8) is 0 Å². The van der Waals surface area contributed by atoms with E-state index in [1.807, 2.05) is 6.92 Å². The van der Waals surface area contributed by atoms with E-state index in [1.165, 1.54) is 22.2 Å². The lowest BCUT2D eigenvalue weighted by molar-refractivity contribution is -0.130. The second-order valence-corrected chi connectivity index (χ2v) is 5.77. The molecule has 1 aliphatic rings. The SMILES string of the molecule is CCn1c2c(c3ccccc31)CCOC2(C)CC(=O)NC. The number of hydrogen-bond donors (Lipinski definition) is 1. The monoisotopic (exact) mass is 286 g/mol. The van der Waals surface area contributed by atoms with Gasteiger partial charge in [0.15, 0.2) is 0 Å². The van der Waals surface area contributed by atoms with Crippen LogP contribution in [0.25, 0.3) is 10.9 Å². The van der Waals surface area contributed by atoms with Crippen LogP contribution in [-0.4, -0.2) is 24.1 Å². The number of nitrogens with zero attached hydrogens (tertiary/aromatic N) is 1. The third kappa shape index (κ3) is 2.14.